The number of hydrogen-bond acceptors (Lipinski definition) is 5. The van der Waals surface area contributed by atoms with Crippen LogP contribution in [0.4, 0.5) is 5.69 Å². The number of carbonyl (C=O) groups excluding carboxylic acids is 1. The van der Waals surface area contributed by atoms with E-state index in [1.54, 1.807) is 30.3 Å². The zero-order chi connectivity index (χ0) is 26.6. The van der Waals surface area contributed by atoms with Crippen LogP contribution in [-0.2, 0) is 14.8 Å². The van der Waals surface area contributed by atoms with Crippen LogP contribution in [0.5, 0.6) is 11.5 Å². The highest BCUT2D eigenvalue weighted by Gasteiger charge is 2.39. The van der Waals surface area contributed by atoms with Gasteiger partial charge in [0, 0.05) is 12.0 Å². The lowest BCUT2D eigenvalue weighted by atomic mass is 9.83. The number of anilines is 1. The number of para-hydroxylation sites is 1. The van der Waals surface area contributed by atoms with Crippen molar-refractivity contribution in [3.63, 3.8) is 0 Å². The van der Waals surface area contributed by atoms with Gasteiger partial charge in [0.1, 0.15) is 23.6 Å². The van der Waals surface area contributed by atoms with Crippen molar-refractivity contribution in [1.29, 1.82) is 0 Å². The van der Waals surface area contributed by atoms with Crippen LogP contribution in [0.2, 0.25) is 0 Å². The van der Waals surface area contributed by atoms with Crippen LogP contribution in [0.15, 0.2) is 77.7 Å². The highest BCUT2D eigenvalue weighted by Crippen LogP contribution is 2.42. The van der Waals surface area contributed by atoms with Gasteiger partial charge >= 0.3 is 0 Å². The number of aryl methyl sites for hydroxylation is 1. The Morgan fingerprint density at radius 3 is 2.41 bits per heavy atom. The van der Waals surface area contributed by atoms with Crippen LogP contribution in [0.3, 0.4) is 0 Å². The molecular formula is C29H34N2O5S. The number of amides is 1. The standard InChI is InChI=1S/C29H34N2O5S/c1-5-29(6-2)19-24(23-14-10-11-15-26(23)36-29)30-28(32)20-31(25-18-21(3)16-17-27(25)35-4)37(33,34)22-12-8-7-9-13-22/h7-18,24H,5-6,19-20H2,1-4H3,(H,30,32)/t24-/m1/s1. The lowest BCUT2D eigenvalue weighted by Crippen LogP contribution is -2.47. The Balaban J connectivity index is 1.70. The van der Waals surface area contributed by atoms with Crippen molar-refractivity contribution in [3.8, 4) is 11.5 Å². The summed E-state index contributed by atoms with van der Waals surface area (Å²) in [7, 11) is -2.58. The third kappa shape index (κ3) is 5.44. The summed E-state index contributed by atoms with van der Waals surface area (Å²) in [4.78, 5) is 13.7. The van der Waals surface area contributed by atoms with E-state index in [9.17, 15) is 13.2 Å². The summed E-state index contributed by atoms with van der Waals surface area (Å²) in [6, 6.07) is 20.8. The lowest BCUT2D eigenvalue weighted by Gasteiger charge is -2.41. The number of fused-ring (bicyclic) bond motifs is 1. The molecule has 37 heavy (non-hydrogen) atoms. The second-order valence-corrected chi connectivity index (χ2v) is 11.2. The molecule has 8 heteroatoms. The molecule has 0 bridgehead atoms. The van der Waals surface area contributed by atoms with E-state index in [1.165, 1.54) is 19.2 Å². The largest absolute Gasteiger partial charge is 0.495 e. The first kappa shape index (κ1) is 26.5. The van der Waals surface area contributed by atoms with E-state index in [4.69, 9.17) is 9.47 Å². The Hall–Kier alpha value is -3.52. The number of carbonyl (C=O) groups is 1. The smallest absolute Gasteiger partial charge is 0.264 e. The van der Waals surface area contributed by atoms with E-state index in [1.807, 2.05) is 37.3 Å². The van der Waals surface area contributed by atoms with E-state index in [-0.39, 0.29) is 10.9 Å². The molecular weight excluding hydrogens is 488 g/mol. The molecule has 0 radical (unpaired) electrons. The van der Waals surface area contributed by atoms with Crippen LogP contribution in [0, 0.1) is 6.92 Å². The number of hydrogen-bond donors (Lipinski definition) is 1. The normalized spacial score (nSPS) is 16.3. The molecule has 3 aromatic carbocycles. The van der Waals surface area contributed by atoms with E-state index in [0.717, 1.165) is 34.0 Å². The average molecular weight is 523 g/mol. The van der Waals surface area contributed by atoms with Gasteiger partial charge in [-0.3, -0.25) is 9.10 Å². The van der Waals surface area contributed by atoms with Gasteiger partial charge in [-0.2, -0.15) is 0 Å². The molecule has 196 valence electrons. The Morgan fingerprint density at radius 2 is 1.73 bits per heavy atom. The van der Waals surface area contributed by atoms with Crippen LogP contribution in [0.25, 0.3) is 0 Å². The van der Waals surface area contributed by atoms with E-state index < -0.39 is 28.1 Å². The zero-order valence-corrected chi connectivity index (χ0v) is 22.5. The van der Waals surface area contributed by atoms with Gasteiger partial charge in [-0.25, -0.2) is 8.42 Å². The third-order valence-electron chi connectivity index (χ3n) is 7.04. The molecule has 0 saturated heterocycles. The maximum atomic E-state index is 13.8. The van der Waals surface area contributed by atoms with Gasteiger partial charge < -0.3 is 14.8 Å². The van der Waals surface area contributed by atoms with Crippen molar-refractivity contribution >= 4 is 21.6 Å². The minimum atomic E-state index is -4.06. The maximum absolute atomic E-state index is 13.8. The molecule has 1 N–H and O–H groups in total. The Morgan fingerprint density at radius 1 is 1.05 bits per heavy atom. The molecule has 1 amide bonds. The fourth-order valence-electron chi connectivity index (χ4n) is 4.81. The summed E-state index contributed by atoms with van der Waals surface area (Å²) < 4.78 is 40.6. The van der Waals surface area contributed by atoms with Crippen molar-refractivity contribution in [2.75, 3.05) is 18.0 Å². The average Bonchev–Trinajstić information content (AvgIpc) is 2.92. The van der Waals surface area contributed by atoms with Gasteiger partial charge in [-0.15, -0.1) is 0 Å². The molecule has 0 aliphatic carbocycles. The zero-order valence-electron chi connectivity index (χ0n) is 21.7. The summed E-state index contributed by atoms with van der Waals surface area (Å²) in [6.45, 7) is 5.62. The first-order valence-electron chi connectivity index (χ1n) is 12.5. The van der Waals surface area contributed by atoms with Gasteiger partial charge in [-0.05, 0) is 55.7 Å². The van der Waals surface area contributed by atoms with Crippen LogP contribution < -0.4 is 19.1 Å². The van der Waals surface area contributed by atoms with Crippen molar-refractivity contribution in [1.82, 2.24) is 5.32 Å². The number of nitrogens with one attached hydrogen (secondary N) is 1. The molecule has 3 aromatic rings. The Bertz CT molecular complexity index is 1350. The predicted molar refractivity (Wildman–Crippen MR) is 145 cm³/mol. The quantitative estimate of drug-likeness (QED) is 0.407. The summed E-state index contributed by atoms with van der Waals surface area (Å²) in [6.07, 6.45) is 2.18. The molecule has 4 rings (SSSR count). The lowest BCUT2D eigenvalue weighted by molar-refractivity contribution is -0.121. The van der Waals surface area contributed by atoms with Gasteiger partial charge in [0.2, 0.25) is 5.91 Å². The number of nitrogens with zero attached hydrogens (tertiary/aromatic N) is 1. The van der Waals surface area contributed by atoms with Crippen LogP contribution in [-0.4, -0.2) is 33.6 Å². The highest BCUT2D eigenvalue weighted by molar-refractivity contribution is 7.92. The molecule has 0 aromatic heterocycles. The van der Waals surface area contributed by atoms with Crippen molar-refractivity contribution in [3.05, 3.63) is 83.9 Å². The number of methoxy groups -OCH3 is 1. The number of rotatable bonds is 9. The molecule has 7 nitrogen and oxygen atoms in total. The topological polar surface area (TPSA) is 84.9 Å². The van der Waals surface area contributed by atoms with Gasteiger partial charge in [-0.1, -0.05) is 56.3 Å². The second-order valence-electron chi connectivity index (χ2n) is 9.35. The first-order valence-corrected chi connectivity index (χ1v) is 14.0. The van der Waals surface area contributed by atoms with E-state index in [2.05, 4.69) is 19.2 Å². The molecule has 0 spiro atoms. The molecule has 0 unspecified atom stereocenters. The van der Waals surface area contributed by atoms with Gasteiger partial charge in [0.25, 0.3) is 10.0 Å². The highest BCUT2D eigenvalue weighted by atomic mass is 32.2. The first-order chi connectivity index (χ1) is 17.7. The van der Waals surface area contributed by atoms with Gasteiger partial charge in [0.15, 0.2) is 0 Å². The number of benzene rings is 3. The van der Waals surface area contributed by atoms with Gasteiger partial charge in [0.05, 0.1) is 23.7 Å². The minimum Gasteiger partial charge on any atom is -0.495 e. The fraction of sp³-hybridized carbons (Fsp3) is 0.345. The molecule has 0 saturated carbocycles. The molecule has 1 aliphatic heterocycles. The summed E-state index contributed by atoms with van der Waals surface area (Å²) in [5.41, 5.74) is 1.64. The Kier molecular flexibility index (Phi) is 7.78. The SMILES string of the molecule is CCC1(CC)C[C@@H](NC(=O)CN(c2cc(C)ccc2OC)S(=O)(=O)c2ccccc2)c2ccccc2O1. The van der Waals surface area contributed by atoms with Crippen molar-refractivity contribution in [2.24, 2.45) is 0 Å². The summed E-state index contributed by atoms with van der Waals surface area (Å²) >= 11 is 0. The summed E-state index contributed by atoms with van der Waals surface area (Å²) in [5, 5.41) is 3.11. The second kappa shape index (κ2) is 10.8. The fourth-order valence-corrected chi connectivity index (χ4v) is 6.26. The monoisotopic (exact) mass is 522 g/mol. The molecule has 1 heterocycles. The molecule has 0 fully saturated rings. The number of sulfonamides is 1. The molecule has 1 atom stereocenters. The molecule has 1 aliphatic rings. The Labute approximate surface area is 219 Å². The minimum absolute atomic E-state index is 0.0961. The van der Waals surface area contributed by atoms with E-state index in [0.29, 0.717) is 17.9 Å². The van der Waals surface area contributed by atoms with Crippen LogP contribution >= 0.6 is 0 Å². The maximum Gasteiger partial charge on any atom is 0.264 e. The van der Waals surface area contributed by atoms with Crippen molar-refractivity contribution in [2.45, 2.75) is 56.6 Å². The predicted octanol–water partition coefficient (Wildman–Crippen LogP) is 5.40. The van der Waals surface area contributed by atoms with Crippen molar-refractivity contribution < 1.29 is 22.7 Å². The number of ether oxygens (including phenoxy) is 2. The van der Waals surface area contributed by atoms with E-state index >= 15 is 0 Å². The van der Waals surface area contributed by atoms with Crippen LogP contribution in [0.1, 0.15) is 50.3 Å². The summed E-state index contributed by atoms with van der Waals surface area (Å²) in [5.74, 6) is 0.702. The third-order valence-corrected chi connectivity index (χ3v) is 8.82.